The molecule has 0 bridgehead atoms. The predicted octanol–water partition coefficient (Wildman–Crippen LogP) is -0.0976. The van der Waals surface area contributed by atoms with E-state index in [0.29, 0.717) is 6.54 Å². The molecule has 0 aromatic heterocycles. The van der Waals surface area contributed by atoms with Crippen molar-refractivity contribution < 1.29 is 14.3 Å². The maximum atomic E-state index is 12.1. The molecule has 2 aliphatic rings. The molecule has 16 heavy (non-hydrogen) atoms. The van der Waals surface area contributed by atoms with Gasteiger partial charge in [0.2, 0.25) is 5.91 Å². The van der Waals surface area contributed by atoms with Crippen LogP contribution in [0.15, 0.2) is 0 Å². The number of esters is 1. The van der Waals surface area contributed by atoms with Crippen LogP contribution in [0, 0.1) is 0 Å². The van der Waals surface area contributed by atoms with Crippen LogP contribution in [0.4, 0.5) is 0 Å². The van der Waals surface area contributed by atoms with Crippen LogP contribution in [0.25, 0.3) is 0 Å². The van der Waals surface area contributed by atoms with E-state index >= 15 is 0 Å². The van der Waals surface area contributed by atoms with Crippen LogP contribution in [0.3, 0.4) is 0 Å². The van der Waals surface area contributed by atoms with Crippen molar-refractivity contribution in [2.45, 2.75) is 37.8 Å². The quantitative estimate of drug-likeness (QED) is 0.668. The van der Waals surface area contributed by atoms with Crippen molar-refractivity contribution >= 4 is 11.9 Å². The maximum Gasteiger partial charge on any atom is 0.328 e. The van der Waals surface area contributed by atoms with Crippen LogP contribution >= 0.6 is 0 Å². The Morgan fingerprint density at radius 3 is 2.75 bits per heavy atom. The Morgan fingerprint density at radius 1 is 1.31 bits per heavy atom. The zero-order valence-electron chi connectivity index (χ0n) is 9.57. The number of carbonyl (C=O) groups is 2. The molecule has 1 N–H and O–H groups in total. The minimum absolute atomic E-state index is 0.0606. The monoisotopic (exact) mass is 226 g/mol. The van der Waals surface area contributed by atoms with Gasteiger partial charge in [-0.1, -0.05) is 0 Å². The van der Waals surface area contributed by atoms with E-state index < -0.39 is 0 Å². The molecule has 0 aliphatic carbocycles. The molecule has 5 nitrogen and oxygen atoms in total. The molecular weight excluding hydrogens is 208 g/mol. The van der Waals surface area contributed by atoms with Crippen LogP contribution in [-0.4, -0.2) is 49.1 Å². The second-order valence-corrected chi connectivity index (χ2v) is 4.36. The van der Waals surface area contributed by atoms with Gasteiger partial charge in [-0.15, -0.1) is 0 Å². The number of ether oxygens (including phenoxy) is 1. The van der Waals surface area contributed by atoms with Crippen LogP contribution in [0.1, 0.15) is 25.7 Å². The molecule has 2 fully saturated rings. The fourth-order valence-electron chi connectivity index (χ4n) is 2.51. The lowest BCUT2D eigenvalue weighted by Crippen LogP contribution is -2.48. The molecule has 5 heteroatoms. The first kappa shape index (κ1) is 11.4. The SMILES string of the molecule is COC(=O)[C@@H]1CCCN1C(=O)C1CCCN1. The lowest BCUT2D eigenvalue weighted by atomic mass is 10.1. The van der Waals surface area contributed by atoms with Gasteiger partial charge in [0, 0.05) is 6.54 Å². The second-order valence-electron chi connectivity index (χ2n) is 4.36. The van der Waals surface area contributed by atoms with Gasteiger partial charge in [0.25, 0.3) is 0 Å². The van der Waals surface area contributed by atoms with Gasteiger partial charge in [-0.05, 0) is 32.2 Å². The third kappa shape index (κ3) is 2.04. The predicted molar refractivity (Wildman–Crippen MR) is 57.8 cm³/mol. The lowest BCUT2D eigenvalue weighted by Gasteiger charge is -2.25. The van der Waals surface area contributed by atoms with Crippen molar-refractivity contribution in [3.8, 4) is 0 Å². The van der Waals surface area contributed by atoms with Crippen LogP contribution in [0.2, 0.25) is 0 Å². The van der Waals surface area contributed by atoms with Crippen LogP contribution in [-0.2, 0) is 14.3 Å². The summed E-state index contributed by atoms with van der Waals surface area (Å²) in [4.78, 5) is 25.3. The summed E-state index contributed by atoms with van der Waals surface area (Å²) in [7, 11) is 1.37. The number of likely N-dealkylation sites (tertiary alicyclic amines) is 1. The fourth-order valence-corrected chi connectivity index (χ4v) is 2.51. The normalized spacial score (nSPS) is 29.4. The molecule has 90 valence electrons. The highest BCUT2D eigenvalue weighted by molar-refractivity contribution is 5.88. The molecule has 0 spiro atoms. The highest BCUT2D eigenvalue weighted by Crippen LogP contribution is 2.21. The van der Waals surface area contributed by atoms with E-state index in [1.165, 1.54) is 7.11 Å². The average Bonchev–Trinajstić information content (AvgIpc) is 2.97. The minimum atomic E-state index is -0.361. The van der Waals surface area contributed by atoms with Crippen molar-refractivity contribution in [3.63, 3.8) is 0 Å². The molecule has 0 radical (unpaired) electrons. The largest absolute Gasteiger partial charge is 0.467 e. The number of rotatable bonds is 2. The number of nitrogens with zero attached hydrogens (tertiary/aromatic N) is 1. The molecule has 1 amide bonds. The summed E-state index contributed by atoms with van der Waals surface area (Å²) in [6.45, 7) is 1.57. The molecular formula is C11H18N2O3. The molecule has 2 aliphatic heterocycles. The zero-order chi connectivity index (χ0) is 11.5. The molecule has 2 rings (SSSR count). The smallest absolute Gasteiger partial charge is 0.328 e. The number of methoxy groups -OCH3 is 1. The zero-order valence-corrected chi connectivity index (χ0v) is 9.57. The van der Waals surface area contributed by atoms with Crippen molar-refractivity contribution in [1.82, 2.24) is 10.2 Å². The third-order valence-electron chi connectivity index (χ3n) is 3.37. The third-order valence-corrected chi connectivity index (χ3v) is 3.37. The van der Waals surface area contributed by atoms with E-state index in [2.05, 4.69) is 5.32 Å². The number of nitrogens with one attached hydrogen (secondary N) is 1. The van der Waals surface area contributed by atoms with Crippen molar-refractivity contribution in [2.75, 3.05) is 20.2 Å². The average molecular weight is 226 g/mol. The van der Waals surface area contributed by atoms with Crippen LogP contribution < -0.4 is 5.32 Å². The van der Waals surface area contributed by atoms with Gasteiger partial charge >= 0.3 is 5.97 Å². The van der Waals surface area contributed by atoms with E-state index in [1.807, 2.05) is 0 Å². The summed E-state index contributed by atoms with van der Waals surface area (Å²) in [5, 5.41) is 3.17. The molecule has 0 aromatic rings. The first-order valence-corrected chi connectivity index (χ1v) is 5.85. The highest BCUT2D eigenvalue weighted by Gasteiger charge is 2.38. The maximum absolute atomic E-state index is 12.1. The summed E-state index contributed by atoms with van der Waals surface area (Å²) in [6.07, 6.45) is 3.53. The number of hydrogen-bond donors (Lipinski definition) is 1. The van der Waals surface area contributed by atoms with E-state index in [-0.39, 0.29) is 24.0 Å². The standard InChI is InChI=1S/C11H18N2O3/c1-16-11(15)9-5-3-7-13(9)10(14)8-4-2-6-12-8/h8-9,12H,2-7H2,1H3/t8?,9-/m0/s1. The van der Waals surface area contributed by atoms with Gasteiger partial charge in [-0.25, -0.2) is 4.79 Å². The Kier molecular flexibility index (Phi) is 3.43. The van der Waals surface area contributed by atoms with E-state index in [0.717, 1.165) is 32.2 Å². The van der Waals surface area contributed by atoms with Gasteiger partial charge in [0.15, 0.2) is 0 Å². The molecule has 1 unspecified atom stereocenters. The van der Waals surface area contributed by atoms with Gasteiger partial charge in [0.1, 0.15) is 6.04 Å². The lowest BCUT2D eigenvalue weighted by molar-refractivity contribution is -0.151. The Balaban J connectivity index is 2.01. The van der Waals surface area contributed by atoms with Crippen molar-refractivity contribution in [3.05, 3.63) is 0 Å². The van der Waals surface area contributed by atoms with Gasteiger partial charge < -0.3 is 15.0 Å². The van der Waals surface area contributed by atoms with E-state index in [1.54, 1.807) is 4.90 Å². The van der Waals surface area contributed by atoms with E-state index in [9.17, 15) is 9.59 Å². The minimum Gasteiger partial charge on any atom is -0.467 e. The number of hydrogen-bond acceptors (Lipinski definition) is 4. The Bertz CT molecular complexity index is 287. The van der Waals surface area contributed by atoms with Gasteiger partial charge in [-0.3, -0.25) is 4.79 Å². The Hall–Kier alpha value is -1.10. The first-order valence-electron chi connectivity index (χ1n) is 5.85. The number of amides is 1. The topological polar surface area (TPSA) is 58.6 Å². The Morgan fingerprint density at radius 2 is 2.12 bits per heavy atom. The summed E-state index contributed by atoms with van der Waals surface area (Å²) in [5.41, 5.74) is 0. The van der Waals surface area contributed by atoms with Crippen molar-refractivity contribution in [2.24, 2.45) is 0 Å². The Labute approximate surface area is 95.1 Å². The van der Waals surface area contributed by atoms with Crippen molar-refractivity contribution in [1.29, 1.82) is 0 Å². The molecule has 2 heterocycles. The summed E-state index contributed by atoms with van der Waals surface area (Å²) < 4.78 is 4.72. The van der Waals surface area contributed by atoms with Gasteiger partial charge in [0.05, 0.1) is 13.2 Å². The summed E-state index contributed by atoms with van der Waals surface area (Å²) in [5.74, 6) is -0.228. The number of carbonyl (C=O) groups excluding carboxylic acids is 2. The van der Waals surface area contributed by atoms with Crippen LogP contribution in [0.5, 0.6) is 0 Å². The molecule has 2 atom stereocenters. The highest BCUT2D eigenvalue weighted by atomic mass is 16.5. The first-order chi connectivity index (χ1) is 7.74. The molecule has 0 saturated carbocycles. The fraction of sp³-hybridized carbons (Fsp3) is 0.818. The van der Waals surface area contributed by atoms with Gasteiger partial charge in [-0.2, -0.15) is 0 Å². The molecule has 0 aromatic carbocycles. The van der Waals surface area contributed by atoms with E-state index in [4.69, 9.17) is 4.74 Å². The summed E-state index contributed by atoms with van der Waals surface area (Å²) >= 11 is 0. The molecule has 2 saturated heterocycles. The second kappa shape index (κ2) is 4.82. The summed E-state index contributed by atoms with van der Waals surface area (Å²) in [6, 6.07) is -0.454.